The van der Waals surface area contributed by atoms with E-state index in [1.807, 2.05) is 12.1 Å². The zero-order valence-corrected chi connectivity index (χ0v) is 17.0. The van der Waals surface area contributed by atoms with E-state index in [9.17, 15) is 4.79 Å². The maximum atomic E-state index is 12.7. The molecule has 1 saturated heterocycles. The summed E-state index contributed by atoms with van der Waals surface area (Å²) in [5, 5.41) is 4.38. The van der Waals surface area contributed by atoms with Gasteiger partial charge in [-0.25, -0.2) is 0 Å². The maximum Gasteiger partial charge on any atom is 0.282 e. The van der Waals surface area contributed by atoms with Gasteiger partial charge in [0.05, 0.1) is 27.0 Å². The van der Waals surface area contributed by atoms with Crippen molar-refractivity contribution in [3.8, 4) is 5.69 Å². The average Bonchev–Trinajstić information content (AvgIpc) is 2.89. The van der Waals surface area contributed by atoms with Crippen LogP contribution in [0.4, 0.5) is 5.69 Å². The summed E-state index contributed by atoms with van der Waals surface area (Å²) in [6, 6.07) is 12.7. The van der Waals surface area contributed by atoms with Crippen molar-refractivity contribution in [2.75, 3.05) is 24.5 Å². The van der Waals surface area contributed by atoms with Crippen molar-refractivity contribution in [2.24, 2.45) is 0 Å². The topological polar surface area (TPSA) is 50.2 Å². The number of benzene rings is 2. The Morgan fingerprint density at radius 3 is 2.86 bits per heavy atom. The molecule has 0 radical (unpaired) electrons. The number of fused-ring (bicyclic) bond motifs is 5. The molecule has 28 heavy (non-hydrogen) atoms. The van der Waals surface area contributed by atoms with Crippen molar-refractivity contribution in [2.45, 2.75) is 32.2 Å². The van der Waals surface area contributed by atoms with Gasteiger partial charge in [0.15, 0.2) is 0 Å². The lowest BCUT2D eigenvalue weighted by Crippen LogP contribution is -2.49. The van der Waals surface area contributed by atoms with E-state index in [1.54, 1.807) is 6.07 Å². The molecule has 1 aromatic heterocycles. The molecule has 5 rings (SSSR count). The largest absolute Gasteiger partial charge is 0.366 e. The summed E-state index contributed by atoms with van der Waals surface area (Å²) in [6.07, 6.45) is 0. The van der Waals surface area contributed by atoms with Gasteiger partial charge < -0.3 is 10.2 Å². The van der Waals surface area contributed by atoms with E-state index < -0.39 is 0 Å². The van der Waals surface area contributed by atoms with Gasteiger partial charge in [-0.2, -0.15) is 4.98 Å². The minimum atomic E-state index is -0.349. The molecule has 1 fully saturated rings. The van der Waals surface area contributed by atoms with E-state index in [-0.39, 0.29) is 11.0 Å². The van der Waals surface area contributed by atoms with E-state index >= 15 is 0 Å². The first-order chi connectivity index (χ1) is 13.4. The second-order valence-electron chi connectivity index (χ2n) is 8.28. The lowest BCUT2D eigenvalue weighted by atomic mass is 9.85. The first-order valence-corrected chi connectivity index (χ1v) is 10.1. The highest BCUT2D eigenvalue weighted by molar-refractivity contribution is 6.35. The Labute approximate surface area is 169 Å². The minimum Gasteiger partial charge on any atom is -0.366 e. The number of aromatic nitrogens is 2. The van der Waals surface area contributed by atoms with E-state index in [0.717, 1.165) is 36.7 Å². The molecular weight excluding hydrogens is 372 g/mol. The van der Waals surface area contributed by atoms with Crippen molar-refractivity contribution in [1.29, 1.82) is 0 Å². The smallest absolute Gasteiger partial charge is 0.282 e. The number of rotatable bonds is 1. The fraction of sp³-hybridized carbons (Fsp3) is 0.364. The molecule has 144 valence electrons. The summed E-state index contributed by atoms with van der Waals surface area (Å²) in [7, 11) is 0. The molecule has 0 bridgehead atoms. The van der Waals surface area contributed by atoms with Crippen molar-refractivity contribution < 1.29 is 0 Å². The Bertz CT molecular complexity index is 1170. The summed E-state index contributed by atoms with van der Waals surface area (Å²) >= 11 is 6.37. The van der Waals surface area contributed by atoms with Crippen LogP contribution in [-0.2, 0) is 5.41 Å². The second kappa shape index (κ2) is 6.06. The third-order valence-electron chi connectivity index (χ3n) is 6.15. The molecule has 6 heteroatoms. The molecule has 3 aromatic rings. The molecule has 0 spiro atoms. The SMILES string of the molecule is C[C@H]1CNCCN1c1ccc2c(c1)-n1c(nc(=O)c3c(Cl)cccc31)C2(C)C. The molecule has 2 aromatic carbocycles. The summed E-state index contributed by atoms with van der Waals surface area (Å²) in [5.74, 6) is 0.771. The Kier molecular flexibility index (Phi) is 3.83. The van der Waals surface area contributed by atoms with Gasteiger partial charge >= 0.3 is 0 Å². The predicted octanol–water partition coefficient (Wildman–Crippen LogP) is 3.48. The third-order valence-corrected chi connectivity index (χ3v) is 6.47. The molecule has 0 unspecified atom stereocenters. The first-order valence-electron chi connectivity index (χ1n) is 9.73. The van der Waals surface area contributed by atoms with Crippen LogP contribution in [0.25, 0.3) is 16.6 Å². The van der Waals surface area contributed by atoms with Gasteiger partial charge in [-0.3, -0.25) is 9.36 Å². The van der Waals surface area contributed by atoms with Crippen molar-refractivity contribution in [3.63, 3.8) is 0 Å². The van der Waals surface area contributed by atoms with E-state index in [0.29, 0.717) is 16.5 Å². The number of nitrogens with zero attached hydrogens (tertiary/aromatic N) is 3. The van der Waals surface area contributed by atoms with Crippen molar-refractivity contribution >= 4 is 28.2 Å². The molecule has 0 saturated carbocycles. The Hall–Kier alpha value is -2.37. The first kappa shape index (κ1) is 17.7. The molecule has 2 aliphatic heterocycles. The highest BCUT2D eigenvalue weighted by Crippen LogP contribution is 2.44. The third kappa shape index (κ3) is 2.36. The van der Waals surface area contributed by atoms with Crippen molar-refractivity contribution in [1.82, 2.24) is 14.9 Å². The zero-order valence-electron chi connectivity index (χ0n) is 16.3. The maximum absolute atomic E-state index is 12.7. The molecule has 1 atom stereocenters. The van der Waals surface area contributed by atoms with Crippen molar-refractivity contribution in [3.05, 3.63) is 63.2 Å². The standard InChI is InChI=1S/C22H23ClN4O/c1-13-12-24-9-10-26(13)14-7-8-15-18(11-14)27-17-6-4-5-16(23)19(17)20(28)25-21(27)22(15,2)3/h4-8,11,13,24H,9-10,12H2,1-3H3/t13-/m0/s1. The summed E-state index contributed by atoms with van der Waals surface area (Å²) in [5.41, 5.74) is 3.67. The highest BCUT2D eigenvalue weighted by atomic mass is 35.5. The Morgan fingerprint density at radius 2 is 2.07 bits per heavy atom. The second-order valence-corrected chi connectivity index (χ2v) is 8.69. The Balaban J connectivity index is 1.80. The molecule has 3 heterocycles. The highest BCUT2D eigenvalue weighted by Gasteiger charge is 2.39. The summed E-state index contributed by atoms with van der Waals surface area (Å²) in [6.45, 7) is 9.43. The number of halogens is 1. The van der Waals surface area contributed by atoms with E-state index in [4.69, 9.17) is 11.6 Å². The van der Waals surface area contributed by atoms with Crippen LogP contribution < -0.4 is 15.8 Å². The quantitative estimate of drug-likeness (QED) is 0.686. The number of nitrogens with one attached hydrogen (secondary N) is 1. The van der Waals surface area contributed by atoms with Gasteiger partial charge in [0.25, 0.3) is 5.56 Å². The van der Waals surface area contributed by atoms with Gasteiger partial charge in [0.1, 0.15) is 5.82 Å². The van der Waals surface area contributed by atoms with E-state index in [2.05, 4.69) is 58.7 Å². The van der Waals surface area contributed by atoms with Crippen LogP contribution in [0.3, 0.4) is 0 Å². The van der Waals surface area contributed by atoms with Crippen LogP contribution in [0.1, 0.15) is 32.2 Å². The average molecular weight is 395 g/mol. The van der Waals surface area contributed by atoms with Crippen LogP contribution >= 0.6 is 11.6 Å². The predicted molar refractivity (Wildman–Crippen MR) is 114 cm³/mol. The monoisotopic (exact) mass is 394 g/mol. The molecule has 0 amide bonds. The normalized spacial score (nSPS) is 20.3. The van der Waals surface area contributed by atoms with Gasteiger partial charge in [0.2, 0.25) is 0 Å². The number of piperazine rings is 1. The molecule has 1 N–H and O–H groups in total. The lowest BCUT2D eigenvalue weighted by Gasteiger charge is -2.36. The van der Waals surface area contributed by atoms with Crippen LogP contribution in [0.2, 0.25) is 5.02 Å². The van der Waals surface area contributed by atoms with Crippen LogP contribution in [-0.4, -0.2) is 35.2 Å². The lowest BCUT2D eigenvalue weighted by molar-refractivity contribution is 0.501. The molecule has 5 nitrogen and oxygen atoms in total. The molecule has 0 aliphatic carbocycles. The van der Waals surface area contributed by atoms with Gasteiger partial charge in [0, 0.05) is 31.4 Å². The van der Waals surface area contributed by atoms with Gasteiger partial charge in [-0.05, 0) is 50.6 Å². The molecule has 2 aliphatic rings. The minimum absolute atomic E-state index is 0.260. The van der Waals surface area contributed by atoms with Crippen LogP contribution in [0.5, 0.6) is 0 Å². The number of hydrogen-bond donors (Lipinski definition) is 1. The zero-order chi connectivity index (χ0) is 19.6. The Morgan fingerprint density at radius 1 is 1.25 bits per heavy atom. The van der Waals surface area contributed by atoms with Gasteiger partial charge in [-0.1, -0.05) is 23.7 Å². The summed E-state index contributed by atoms with van der Waals surface area (Å²) in [4.78, 5) is 19.6. The molecular formula is C22H23ClN4O. The van der Waals surface area contributed by atoms with Crippen LogP contribution in [0, 0.1) is 0 Å². The fourth-order valence-electron chi connectivity index (χ4n) is 4.65. The van der Waals surface area contributed by atoms with Crippen LogP contribution in [0.15, 0.2) is 41.2 Å². The number of hydrogen-bond acceptors (Lipinski definition) is 4. The van der Waals surface area contributed by atoms with E-state index in [1.165, 1.54) is 11.3 Å². The van der Waals surface area contributed by atoms with Gasteiger partial charge in [-0.15, -0.1) is 0 Å². The summed E-state index contributed by atoms with van der Waals surface area (Å²) < 4.78 is 2.12. The fourth-order valence-corrected chi connectivity index (χ4v) is 4.90. The number of anilines is 1.